The molecule has 0 saturated heterocycles. The van der Waals surface area contributed by atoms with Gasteiger partial charge >= 0.3 is 0 Å². The Morgan fingerprint density at radius 2 is 1.75 bits per heavy atom. The molecule has 12 heavy (non-hydrogen) atoms. The molecule has 0 aliphatic carbocycles. The number of aromatic nitrogens is 2. The van der Waals surface area contributed by atoms with Crippen molar-refractivity contribution in [3.05, 3.63) is 21.7 Å². The summed E-state index contributed by atoms with van der Waals surface area (Å²) < 4.78 is 0. The van der Waals surface area contributed by atoms with E-state index in [-0.39, 0.29) is 5.28 Å². The summed E-state index contributed by atoms with van der Waals surface area (Å²) in [5.74, 6) is 0.328. The number of hydrogen-bond acceptors (Lipinski definition) is 2. The van der Waals surface area contributed by atoms with Crippen molar-refractivity contribution in [2.45, 2.75) is 26.7 Å². The van der Waals surface area contributed by atoms with Gasteiger partial charge in [-0.3, -0.25) is 0 Å². The Morgan fingerprint density at radius 3 is 2.17 bits per heavy atom. The Bertz CT molecular complexity index is 274. The highest BCUT2D eigenvalue weighted by molar-refractivity contribution is 6.32. The van der Waals surface area contributed by atoms with Gasteiger partial charge in [-0.25, -0.2) is 9.97 Å². The van der Waals surface area contributed by atoms with E-state index in [1.165, 1.54) is 0 Å². The van der Waals surface area contributed by atoms with Gasteiger partial charge in [-0.2, -0.15) is 0 Å². The van der Waals surface area contributed by atoms with Crippen molar-refractivity contribution in [1.82, 2.24) is 9.97 Å². The Labute approximate surface area is 81.9 Å². The van der Waals surface area contributed by atoms with Crippen molar-refractivity contribution < 1.29 is 0 Å². The molecular formula is C8H10Cl2N2. The minimum Gasteiger partial charge on any atom is -0.223 e. The van der Waals surface area contributed by atoms with Crippen molar-refractivity contribution in [2.24, 2.45) is 0 Å². The first-order valence-electron chi connectivity index (χ1n) is 3.72. The van der Waals surface area contributed by atoms with Crippen molar-refractivity contribution in [1.29, 1.82) is 0 Å². The van der Waals surface area contributed by atoms with Crippen molar-refractivity contribution in [2.75, 3.05) is 0 Å². The zero-order valence-electron chi connectivity index (χ0n) is 7.23. The maximum Gasteiger partial charge on any atom is 0.224 e. The van der Waals surface area contributed by atoms with Crippen molar-refractivity contribution >= 4 is 23.2 Å². The Balaban J connectivity index is 3.28. The standard InChI is InChI=1S/C8H10Cl2N2/c1-4(2)6-5(3)11-8(10)12-7(6)9/h4H,1-3H3. The molecule has 0 aliphatic rings. The lowest BCUT2D eigenvalue weighted by molar-refractivity contribution is 0.829. The summed E-state index contributed by atoms with van der Waals surface area (Å²) >= 11 is 11.5. The third-order valence-electron chi connectivity index (χ3n) is 1.64. The van der Waals surface area contributed by atoms with Crippen LogP contribution in [0.3, 0.4) is 0 Å². The molecule has 0 radical (unpaired) electrons. The van der Waals surface area contributed by atoms with Crippen LogP contribution < -0.4 is 0 Å². The fourth-order valence-electron chi connectivity index (χ4n) is 1.17. The summed E-state index contributed by atoms with van der Waals surface area (Å²) in [6.07, 6.45) is 0. The Hall–Kier alpha value is -0.340. The lowest BCUT2D eigenvalue weighted by atomic mass is 10.0. The highest BCUT2D eigenvalue weighted by atomic mass is 35.5. The van der Waals surface area contributed by atoms with Gasteiger partial charge in [0.25, 0.3) is 0 Å². The molecule has 4 heteroatoms. The van der Waals surface area contributed by atoms with E-state index in [0.717, 1.165) is 11.3 Å². The van der Waals surface area contributed by atoms with E-state index in [4.69, 9.17) is 23.2 Å². The van der Waals surface area contributed by atoms with E-state index in [9.17, 15) is 0 Å². The molecule has 1 rings (SSSR count). The highest BCUT2D eigenvalue weighted by Gasteiger charge is 2.11. The van der Waals surface area contributed by atoms with Gasteiger partial charge in [0.15, 0.2) is 0 Å². The summed E-state index contributed by atoms with van der Waals surface area (Å²) in [4.78, 5) is 7.90. The van der Waals surface area contributed by atoms with Crippen LogP contribution in [0.4, 0.5) is 0 Å². The van der Waals surface area contributed by atoms with E-state index in [1.807, 2.05) is 20.8 Å². The number of hydrogen-bond donors (Lipinski definition) is 0. The summed E-state index contributed by atoms with van der Waals surface area (Å²) in [7, 11) is 0. The molecular weight excluding hydrogens is 195 g/mol. The average Bonchev–Trinajstić information content (AvgIpc) is 1.82. The molecule has 0 aliphatic heterocycles. The molecule has 0 N–H and O–H groups in total. The molecule has 1 aromatic heterocycles. The van der Waals surface area contributed by atoms with Crippen LogP contribution in [0.2, 0.25) is 10.4 Å². The number of aryl methyl sites for hydroxylation is 1. The topological polar surface area (TPSA) is 25.8 Å². The minimum absolute atomic E-state index is 0.210. The van der Waals surface area contributed by atoms with Crippen LogP contribution in [-0.2, 0) is 0 Å². The van der Waals surface area contributed by atoms with Crippen LogP contribution in [0.5, 0.6) is 0 Å². The summed E-state index contributed by atoms with van der Waals surface area (Å²) in [6.45, 7) is 5.98. The Morgan fingerprint density at radius 1 is 1.17 bits per heavy atom. The number of nitrogens with zero attached hydrogens (tertiary/aromatic N) is 2. The number of halogens is 2. The molecule has 0 saturated carbocycles. The fourth-order valence-corrected chi connectivity index (χ4v) is 1.86. The van der Waals surface area contributed by atoms with Crippen LogP contribution >= 0.6 is 23.2 Å². The fraction of sp³-hybridized carbons (Fsp3) is 0.500. The van der Waals surface area contributed by atoms with Gasteiger partial charge < -0.3 is 0 Å². The van der Waals surface area contributed by atoms with Gasteiger partial charge in [0.1, 0.15) is 5.15 Å². The molecule has 2 nitrogen and oxygen atoms in total. The van der Waals surface area contributed by atoms with Crippen LogP contribution in [0.25, 0.3) is 0 Å². The van der Waals surface area contributed by atoms with E-state index >= 15 is 0 Å². The molecule has 0 spiro atoms. The smallest absolute Gasteiger partial charge is 0.223 e. The first-order valence-corrected chi connectivity index (χ1v) is 4.47. The average molecular weight is 205 g/mol. The largest absolute Gasteiger partial charge is 0.224 e. The van der Waals surface area contributed by atoms with Gasteiger partial charge in [0.05, 0.1) is 0 Å². The minimum atomic E-state index is 0.210. The van der Waals surface area contributed by atoms with Crippen LogP contribution in [0.15, 0.2) is 0 Å². The third kappa shape index (κ3) is 1.87. The van der Waals surface area contributed by atoms with Crippen molar-refractivity contribution in [3.8, 4) is 0 Å². The van der Waals surface area contributed by atoms with E-state index < -0.39 is 0 Å². The molecule has 0 bridgehead atoms. The summed E-state index contributed by atoms with van der Waals surface area (Å²) in [6, 6.07) is 0. The van der Waals surface area contributed by atoms with Gasteiger partial charge in [0, 0.05) is 11.3 Å². The zero-order chi connectivity index (χ0) is 9.30. The second-order valence-electron chi connectivity index (χ2n) is 2.94. The summed E-state index contributed by atoms with van der Waals surface area (Å²) in [5, 5.41) is 0.671. The maximum absolute atomic E-state index is 5.89. The van der Waals surface area contributed by atoms with E-state index in [1.54, 1.807) is 0 Å². The zero-order valence-corrected chi connectivity index (χ0v) is 8.74. The number of rotatable bonds is 1. The van der Waals surface area contributed by atoms with Crippen LogP contribution in [0, 0.1) is 6.92 Å². The normalized spacial score (nSPS) is 10.8. The predicted molar refractivity (Wildman–Crippen MR) is 50.9 cm³/mol. The lowest BCUT2D eigenvalue weighted by Crippen LogP contribution is -1.99. The second-order valence-corrected chi connectivity index (χ2v) is 3.63. The molecule has 0 unspecified atom stereocenters. The summed E-state index contributed by atoms with van der Waals surface area (Å²) in [5.41, 5.74) is 1.83. The second kappa shape index (κ2) is 3.58. The maximum atomic E-state index is 5.89. The molecule has 0 amide bonds. The van der Waals surface area contributed by atoms with Crippen LogP contribution in [-0.4, -0.2) is 9.97 Å². The molecule has 1 heterocycles. The monoisotopic (exact) mass is 204 g/mol. The van der Waals surface area contributed by atoms with Gasteiger partial charge in [-0.1, -0.05) is 25.4 Å². The highest BCUT2D eigenvalue weighted by Crippen LogP contribution is 2.25. The van der Waals surface area contributed by atoms with Gasteiger partial charge in [0.2, 0.25) is 5.28 Å². The molecule has 0 aromatic carbocycles. The molecule has 1 aromatic rings. The molecule has 66 valence electrons. The first kappa shape index (κ1) is 9.75. The van der Waals surface area contributed by atoms with Crippen LogP contribution in [0.1, 0.15) is 31.0 Å². The van der Waals surface area contributed by atoms with E-state index in [0.29, 0.717) is 11.1 Å². The third-order valence-corrected chi connectivity index (χ3v) is 2.10. The molecule has 0 fully saturated rings. The lowest BCUT2D eigenvalue weighted by Gasteiger charge is -2.09. The SMILES string of the molecule is Cc1nc(Cl)nc(Cl)c1C(C)C. The van der Waals surface area contributed by atoms with Gasteiger partial charge in [-0.15, -0.1) is 0 Å². The Kier molecular flexibility index (Phi) is 2.91. The van der Waals surface area contributed by atoms with E-state index in [2.05, 4.69) is 9.97 Å². The first-order chi connectivity index (χ1) is 5.52. The predicted octanol–water partition coefficient (Wildman–Crippen LogP) is 3.22. The van der Waals surface area contributed by atoms with Gasteiger partial charge in [-0.05, 0) is 24.4 Å². The quantitative estimate of drug-likeness (QED) is 0.519. The molecule has 0 atom stereocenters. The van der Waals surface area contributed by atoms with Crippen molar-refractivity contribution in [3.63, 3.8) is 0 Å².